The number of fused-ring (bicyclic) bond motifs is 8. The van der Waals surface area contributed by atoms with E-state index in [4.69, 9.17) is 11.6 Å². The molecule has 2 aliphatic carbocycles. The normalized spacial score (nSPS) is 26.3. The lowest BCUT2D eigenvalue weighted by Gasteiger charge is -2.45. The summed E-state index contributed by atoms with van der Waals surface area (Å²) in [4.78, 5) is 0. The Balaban J connectivity index is 1.52. The highest BCUT2D eigenvalue weighted by atomic mass is 35.5. The van der Waals surface area contributed by atoms with Gasteiger partial charge in [0.05, 0.1) is 5.60 Å². The van der Waals surface area contributed by atoms with Crippen LogP contribution in [0.15, 0.2) is 72.8 Å². The van der Waals surface area contributed by atoms with Crippen LogP contribution in [0.2, 0.25) is 5.02 Å². The maximum atomic E-state index is 12.6. The van der Waals surface area contributed by atoms with E-state index in [1.807, 2.05) is 24.3 Å². The molecule has 2 N–H and O–H groups in total. The van der Waals surface area contributed by atoms with Gasteiger partial charge in [0.2, 0.25) is 0 Å². The molecule has 1 heterocycles. The van der Waals surface area contributed by atoms with E-state index in [0.29, 0.717) is 10.9 Å². The van der Waals surface area contributed by atoms with Crippen molar-refractivity contribution in [2.45, 2.75) is 42.6 Å². The van der Waals surface area contributed by atoms with Gasteiger partial charge in [-0.3, -0.25) is 0 Å². The Morgan fingerprint density at radius 3 is 2.06 bits per heavy atom. The topological polar surface area (TPSA) is 32.3 Å². The average molecular weight is 430 g/mol. The molecule has 1 aliphatic heterocycles. The van der Waals surface area contributed by atoms with Gasteiger partial charge in [0.15, 0.2) is 0 Å². The molecule has 2 nitrogen and oxygen atoms in total. The van der Waals surface area contributed by atoms with Crippen molar-refractivity contribution in [3.63, 3.8) is 0 Å². The summed E-state index contributed by atoms with van der Waals surface area (Å²) in [5.74, 6) is 0.665. The first-order valence-electron chi connectivity index (χ1n) is 11.5. The van der Waals surface area contributed by atoms with E-state index < -0.39 is 5.60 Å². The number of hydrogen-bond donors (Lipinski definition) is 2. The van der Waals surface area contributed by atoms with Crippen LogP contribution in [0.3, 0.4) is 0 Å². The average Bonchev–Trinajstić information content (AvgIpc) is 3.32. The summed E-state index contributed by atoms with van der Waals surface area (Å²) in [5.41, 5.74) is 5.70. The van der Waals surface area contributed by atoms with Gasteiger partial charge < -0.3 is 10.4 Å². The fourth-order valence-electron chi connectivity index (χ4n) is 6.82. The fourth-order valence-corrected chi connectivity index (χ4v) is 6.94. The van der Waals surface area contributed by atoms with E-state index >= 15 is 0 Å². The van der Waals surface area contributed by atoms with Crippen molar-refractivity contribution in [2.24, 2.45) is 5.92 Å². The summed E-state index contributed by atoms with van der Waals surface area (Å²) < 4.78 is 0. The number of hydrogen-bond acceptors (Lipinski definition) is 2. The molecule has 3 aromatic carbocycles. The van der Waals surface area contributed by atoms with E-state index in [2.05, 4.69) is 53.8 Å². The van der Waals surface area contributed by atoms with E-state index in [1.165, 1.54) is 22.3 Å². The summed E-state index contributed by atoms with van der Waals surface area (Å²) in [6.45, 7) is 1.92. The zero-order valence-electron chi connectivity index (χ0n) is 17.7. The van der Waals surface area contributed by atoms with Gasteiger partial charge in [0.25, 0.3) is 0 Å². The second-order valence-electron chi connectivity index (χ2n) is 9.65. The SMILES string of the molecule is OC(CC12CC(c3ccccc31)c1ccccc12)(c1ccc(Cl)cc1)C1CCNCC1. The second kappa shape index (κ2) is 7.20. The van der Waals surface area contributed by atoms with Gasteiger partial charge in [-0.05, 0) is 84.6 Å². The maximum Gasteiger partial charge on any atom is 0.0937 e. The molecule has 0 aromatic heterocycles. The van der Waals surface area contributed by atoms with E-state index in [-0.39, 0.29) is 11.3 Å². The highest BCUT2D eigenvalue weighted by molar-refractivity contribution is 6.30. The molecule has 3 aromatic rings. The van der Waals surface area contributed by atoms with Gasteiger partial charge in [-0.2, -0.15) is 0 Å². The molecular formula is C28H28ClNO. The molecule has 1 unspecified atom stereocenters. The first kappa shape index (κ1) is 19.5. The number of benzene rings is 3. The third kappa shape index (κ3) is 2.85. The molecule has 0 amide bonds. The summed E-state index contributed by atoms with van der Waals surface area (Å²) >= 11 is 6.22. The highest BCUT2D eigenvalue weighted by Crippen LogP contribution is 2.64. The molecule has 0 radical (unpaired) electrons. The molecule has 3 aliphatic rings. The van der Waals surface area contributed by atoms with Crippen LogP contribution in [-0.2, 0) is 11.0 Å². The van der Waals surface area contributed by atoms with Gasteiger partial charge in [-0.15, -0.1) is 0 Å². The molecule has 1 fully saturated rings. The fraction of sp³-hybridized carbons (Fsp3) is 0.357. The maximum absolute atomic E-state index is 12.6. The van der Waals surface area contributed by atoms with Crippen molar-refractivity contribution >= 4 is 11.6 Å². The Kier molecular flexibility index (Phi) is 4.54. The minimum atomic E-state index is -0.897. The van der Waals surface area contributed by atoms with E-state index in [9.17, 15) is 5.11 Å². The third-order valence-corrected chi connectivity index (χ3v) is 8.44. The predicted molar refractivity (Wildman–Crippen MR) is 126 cm³/mol. The van der Waals surface area contributed by atoms with Crippen LogP contribution in [0.4, 0.5) is 0 Å². The zero-order valence-corrected chi connectivity index (χ0v) is 18.4. The van der Waals surface area contributed by atoms with Crippen molar-refractivity contribution in [2.75, 3.05) is 13.1 Å². The van der Waals surface area contributed by atoms with Crippen LogP contribution >= 0.6 is 11.6 Å². The second-order valence-corrected chi connectivity index (χ2v) is 10.1. The van der Waals surface area contributed by atoms with Gasteiger partial charge in [-0.25, -0.2) is 0 Å². The molecule has 2 bridgehead atoms. The lowest BCUT2D eigenvalue weighted by molar-refractivity contribution is -0.0564. The third-order valence-electron chi connectivity index (χ3n) is 8.19. The minimum absolute atomic E-state index is 0.142. The Morgan fingerprint density at radius 2 is 1.45 bits per heavy atom. The standard InChI is InChI=1S/C28H28ClNO/c29-21-11-9-19(10-12-21)28(31,20-13-15-30-16-14-20)18-27-17-24(22-5-1-3-7-25(22)27)23-6-2-4-8-26(23)27/h1-12,20,24,30-31H,13-18H2. The van der Waals surface area contributed by atoms with E-state index in [0.717, 1.165) is 44.3 Å². The molecule has 3 heteroatoms. The molecule has 1 saturated heterocycles. The largest absolute Gasteiger partial charge is 0.385 e. The van der Waals surface area contributed by atoms with Gasteiger partial charge in [0, 0.05) is 16.4 Å². The van der Waals surface area contributed by atoms with Crippen LogP contribution in [0.25, 0.3) is 0 Å². The Hall–Kier alpha value is -2.13. The number of aliphatic hydroxyl groups is 1. The minimum Gasteiger partial charge on any atom is -0.385 e. The van der Waals surface area contributed by atoms with Crippen molar-refractivity contribution in [1.82, 2.24) is 5.32 Å². The van der Waals surface area contributed by atoms with E-state index in [1.54, 1.807) is 0 Å². The molecular weight excluding hydrogens is 402 g/mol. The molecule has 0 saturated carbocycles. The van der Waals surface area contributed by atoms with Crippen LogP contribution in [0.1, 0.15) is 59.4 Å². The predicted octanol–water partition coefficient (Wildman–Crippen LogP) is 5.75. The van der Waals surface area contributed by atoms with Gasteiger partial charge >= 0.3 is 0 Å². The van der Waals surface area contributed by atoms with Gasteiger partial charge in [-0.1, -0.05) is 72.3 Å². The number of piperidine rings is 1. The summed E-state index contributed by atoms with van der Waals surface area (Å²) in [7, 11) is 0. The first-order chi connectivity index (χ1) is 15.1. The van der Waals surface area contributed by atoms with Crippen molar-refractivity contribution in [1.29, 1.82) is 0 Å². The summed E-state index contributed by atoms with van der Waals surface area (Å²) in [6, 6.07) is 25.8. The van der Waals surface area contributed by atoms with Crippen molar-refractivity contribution < 1.29 is 5.11 Å². The van der Waals surface area contributed by atoms with Crippen molar-refractivity contribution in [3.05, 3.63) is 106 Å². The molecule has 31 heavy (non-hydrogen) atoms. The molecule has 158 valence electrons. The highest BCUT2D eigenvalue weighted by Gasteiger charge is 2.56. The van der Waals surface area contributed by atoms with Crippen LogP contribution in [0, 0.1) is 5.92 Å². The molecule has 6 rings (SSSR count). The van der Waals surface area contributed by atoms with Crippen LogP contribution in [0.5, 0.6) is 0 Å². The number of halogens is 1. The summed E-state index contributed by atoms with van der Waals surface area (Å²) in [6.07, 6.45) is 3.76. The lowest BCUT2D eigenvalue weighted by atomic mass is 9.63. The quantitative estimate of drug-likeness (QED) is 0.553. The van der Waals surface area contributed by atoms with Crippen LogP contribution < -0.4 is 5.32 Å². The van der Waals surface area contributed by atoms with Crippen molar-refractivity contribution in [3.8, 4) is 0 Å². The lowest BCUT2D eigenvalue weighted by Crippen LogP contribution is -2.46. The Labute approximate surface area is 189 Å². The zero-order chi connectivity index (χ0) is 21.1. The monoisotopic (exact) mass is 429 g/mol. The summed E-state index contributed by atoms with van der Waals surface area (Å²) in [5, 5.41) is 16.7. The van der Waals surface area contributed by atoms with Crippen LogP contribution in [-0.4, -0.2) is 18.2 Å². The molecule has 0 spiro atoms. The smallest absolute Gasteiger partial charge is 0.0937 e. The number of rotatable bonds is 4. The Bertz CT molecular complexity index is 1070. The molecule has 1 atom stereocenters. The van der Waals surface area contributed by atoms with Gasteiger partial charge in [0.1, 0.15) is 0 Å². The first-order valence-corrected chi connectivity index (χ1v) is 11.9. The number of nitrogens with one attached hydrogen (secondary N) is 1. The Morgan fingerprint density at radius 1 is 0.871 bits per heavy atom.